The van der Waals surface area contributed by atoms with Gasteiger partial charge in [0.05, 0.1) is 12.7 Å². The van der Waals surface area contributed by atoms with E-state index in [0.29, 0.717) is 11.1 Å². The first-order chi connectivity index (χ1) is 10.6. The molecule has 2 rings (SSSR count). The predicted molar refractivity (Wildman–Crippen MR) is 81.3 cm³/mol. The van der Waals surface area contributed by atoms with Crippen molar-refractivity contribution in [1.29, 1.82) is 0 Å². The molecule has 112 valence electrons. The first kappa shape index (κ1) is 15.4. The monoisotopic (exact) mass is 299 g/mol. The second-order valence-corrected chi connectivity index (χ2v) is 4.42. The van der Waals surface area contributed by atoms with Crippen LogP contribution in [0.15, 0.2) is 60.8 Å². The van der Waals surface area contributed by atoms with Crippen molar-refractivity contribution in [3.8, 4) is 0 Å². The van der Waals surface area contributed by atoms with Crippen LogP contribution in [-0.4, -0.2) is 18.9 Å². The molecule has 0 aliphatic rings. The minimum Gasteiger partial charge on any atom is -0.465 e. The zero-order valence-electron chi connectivity index (χ0n) is 11.9. The number of esters is 1. The number of ether oxygens (including phenoxy) is 1. The Bertz CT molecular complexity index is 691. The van der Waals surface area contributed by atoms with E-state index in [1.807, 2.05) is 0 Å². The third-order valence-corrected chi connectivity index (χ3v) is 2.92. The van der Waals surface area contributed by atoms with Gasteiger partial charge in [0.2, 0.25) is 0 Å². The number of methoxy groups -OCH3 is 1. The normalized spacial score (nSPS) is 10.5. The van der Waals surface area contributed by atoms with Crippen LogP contribution in [0.2, 0.25) is 0 Å². The van der Waals surface area contributed by atoms with Gasteiger partial charge < -0.3 is 10.1 Å². The molecule has 0 fully saturated rings. The average molecular weight is 299 g/mol. The van der Waals surface area contributed by atoms with Crippen LogP contribution >= 0.6 is 0 Å². The summed E-state index contributed by atoms with van der Waals surface area (Å²) < 4.78 is 17.4. The molecule has 0 spiro atoms. The fourth-order valence-corrected chi connectivity index (χ4v) is 1.74. The van der Waals surface area contributed by atoms with Crippen molar-refractivity contribution < 1.29 is 18.7 Å². The molecule has 0 saturated carbocycles. The van der Waals surface area contributed by atoms with Gasteiger partial charge in [-0.1, -0.05) is 0 Å². The van der Waals surface area contributed by atoms with Crippen LogP contribution in [0.4, 0.5) is 10.1 Å². The number of carbonyl (C=O) groups excluding carboxylic acids is 2. The molecular formula is C17H14FNO3. The van der Waals surface area contributed by atoms with Crippen LogP contribution in [-0.2, 0) is 4.74 Å². The van der Waals surface area contributed by atoms with E-state index >= 15 is 0 Å². The molecule has 2 aromatic rings. The van der Waals surface area contributed by atoms with E-state index in [2.05, 4.69) is 10.1 Å². The summed E-state index contributed by atoms with van der Waals surface area (Å²) in [6.45, 7) is 0. The summed E-state index contributed by atoms with van der Waals surface area (Å²) in [7, 11) is 1.32. The van der Waals surface area contributed by atoms with Crippen LogP contribution in [0.25, 0.3) is 0 Å². The van der Waals surface area contributed by atoms with Crippen LogP contribution in [0.1, 0.15) is 20.7 Å². The highest BCUT2D eigenvalue weighted by Crippen LogP contribution is 2.10. The Morgan fingerprint density at radius 3 is 2.18 bits per heavy atom. The minimum atomic E-state index is -0.409. The fraction of sp³-hybridized carbons (Fsp3) is 0.0588. The average Bonchev–Trinajstić information content (AvgIpc) is 2.55. The number of ketones is 1. The Labute approximate surface area is 127 Å². The number of hydrogen-bond acceptors (Lipinski definition) is 4. The van der Waals surface area contributed by atoms with Crippen LogP contribution in [0.3, 0.4) is 0 Å². The molecule has 5 heteroatoms. The lowest BCUT2D eigenvalue weighted by Crippen LogP contribution is -2.01. The van der Waals surface area contributed by atoms with Crippen LogP contribution < -0.4 is 5.32 Å². The molecule has 22 heavy (non-hydrogen) atoms. The summed E-state index contributed by atoms with van der Waals surface area (Å²) in [5, 5.41) is 2.91. The summed E-state index contributed by atoms with van der Waals surface area (Å²) in [6, 6.07) is 11.9. The smallest absolute Gasteiger partial charge is 0.337 e. The maximum atomic E-state index is 12.8. The van der Waals surface area contributed by atoms with E-state index in [4.69, 9.17) is 0 Å². The van der Waals surface area contributed by atoms with Crippen molar-refractivity contribution in [2.45, 2.75) is 0 Å². The molecule has 4 nitrogen and oxygen atoms in total. The summed E-state index contributed by atoms with van der Waals surface area (Å²) in [6.07, 6.45) is 2.83. The van der Waals surface area contributed by atoms with E-state index in [1.54, 1.807) is 24.3 Å². The molecule has 0 aliphatic heterocycles. The number of anilines is 1. The van der Waals surface area contributed by atoms with Gasteiger partial charge in [-0.25, -0.2) is 9.18 Å². The van der Waals surface area contributed by atoms with Crippen molar-refractivity contribution in [2.24, 2.45) is 0 Å². The second kappa shape index (κ2) is 7.17. The molecular weight excluding hydrogens is 285 g/mol. The molecule has 1 N–H and O–H groups in total. The van der Waals surface area contributed by atoms with Crippen molar-refractivity contribution in [3.63, 3.8) is 0 Å². The largest absolute Gasteiger partial charge is 0.465 e. The fourth-order valence-electron chi connectivity index (χ4n) is 1.74. The lowest BCUT2D eigenvalue weighted by molar-refractivity contribution is 0.0600. The SMILES string of the molecule is COC(=O)c1ccc(NC=CC(=O)c2ccc(F)cc2)cc1. The summed E-state index contributed by atoms with van der Waals surface area (Å²) in [5.74, 6) is -1.03. The number of rotatable bonds is 5. The van der Waals surface area contributed by atoms with Gasteiger partial charge >= 0.3 is 5.97 Å². The summed E-state index contributed by atoms with van der Waals surface area (Å²) in [5.41, 5.74) is 1.57. The lowest BCUT2D eigenvalue weighted by atomic mass is 10.1. The third kappa shape index (κ3) is 4.02. The summed E-state index contributed by atoms with van der Waals surface area (Å²) >= 11 is 0. The van der Waals surface area contributed by atoms with Crippen LogP contribution in [0, 0.1) is 5.82 Å². The molecule has 0 aliphatic carbocycles. The first-order valence-electron chi connectivity index (χ1n) is 6.51. The van der Waals surface area contributed by atoms with Gasteiger partial charge in [0.15, 0.2) is 5.78 Å². The van der Waals surface area contributed by atoms with Crippen molar-refractivity contribution in [3.05, 3.63) is 77.8 Å². The molecule has 0 unspecified atom stereocenters. The maximum absolute atomic E-state index is 12.8. The van der Waals surface area contributed by atoms with Crippen molar-refractivity contribution >= 4 is 17.4 Å². The topological polar surface area (TPSA) is 55.4 Å². The Kier molecular flexibility index (Phi) is 5.03. The van der Waals surface area contributed by atoms with Crippen molar-refractivity contribution in [2.75, 3.05) is 12.4 Å². The van der Waals surface area contributed by atoms with E-state index in [1.165, 1.54) is 43.7 Å². The van der Waals surface area contributed by atoms with E-state index in [0.717, 1.165) is 5.69 Å². The maximum Gasteiger partial charge on any atom is 0.337 e. The van der Waals surface area contributed by atoms with Gasteiger partial charge in [-0.3, -0.25) is 4.79 Å². The molecule has 0 radical (unpaired) electrons. The molecule has 0 heterocycles. The Balaban J connectivity index is 1.95. The van der Waals surface area contributed by atoms with Crippen LogP contribution in [0.5, 0.6) is 0 Å². The summed E-state index contributed by atoms with van der Waals surface area (Å²) in [4.78, 5) is 23.1. The van der Waals surface area contributed by atoms with Gasteiger partial charge in [-0.2, -0.15) is 0 Å². The molecule has 0 saturated heterocycles. The molecule has 0 aromatic heterocycles. The zero-order chi connectivity index (χ0) is 15.9. The number of carbonyl (C=O) groups is 2. The predicted octanol–water partition coefficient (Wildman–Crippen LogP) is 3.42. The van der Waals surface area contributed by atoms with Gasteiger partial charge in [0.25, 0.3) is 0 Å². The first-order valence-corrected chi connectivity index (χ1v) is 6.51. The highest BCUT2D eigenvalue weighted by Gasteiger charge is 2.04. The van der Waals surface area contributed by atoms with Gasteiger partial charge in [0.1, 0.15) is 5.82 Å². The van der Waals surface area contributed by atoms with E-state index in [9.17, 15) is 14.0 Å². The molecule has 0 amide bonds. The van der Waals surface area contributed by atoms with Gasteiger partial charge in [-0.15, -0.1) is 0 Å². The lowest BCUT2D eigenvalue weighted by Gasteiger charge is -2.02. The van der Waals surface area contributed by atoms with E-state index in [-0.39, 0.29) is 11.6 Å². The Hall–Kier alpha value is -2.95. The molecule has 0 atom stereocenters. The van der Waals surface area contributed by atoms with Crippen molar-refractivity contribution in [1.82, 2.24) is 0 Å². The number of allylic oxidation sites excluding steroid dienone is 1. The Morgan fingerprint density at radius 2 is 1.59 bits per heavy atom. The minimum absolute atomic E-state index is 0.237. The van der Waals surface area contributed by atoms with Gasteiger partial charge in [0, 0.05) is 23.5 Å². The number of nitrogens with one attached hydrogen (secondary N) is 1. The van der Waals surface area contributed by atoms with E-state index < -0.39 is 5.97 Å². The highest BCUT2D eigenvalue weighted by atomic mass is 19.1. The number of halogens is 1. The molecule has 2 aromatic carbocycles. The second-order valence-electron chi connectivity index (χ2n) is 4.42. The molecule has 0 bridgehead atoms. The standard InChI is InChI=1S/C17H14FNO3/c1-22-17(21)13-4-8-15(9-5-13)19-11-10-16(20)12-2-6-14(18)7-3-12/h2-11,19H,1H3. The highest BCUT2D eigenvalue weighted by molar-refractivity contribution is 6.04. The third-order valence-electron chi connectivity index (χ3n) is 2.92. The number of hydrogen-bond donors (Lipinski definition) is 1. The Morgan fingerprint density at radius 1 is 1.00 bits per heavy atom. The number of benzene rings is 2. The van der Waals surface area contributed by atoms with Gasteiger partial charge in [-0.05, 0) is 48.5 Å². The quantitative estimate of drug-likeness (QED) is 0.522. The zero-order valence-corrected chi connectivity index (χ0v) is 11.9.